The SMILES string of the molecule is c1ccc(-c2ccc(-c3cc(-c4c(-c5ccccc5)c5c(-c6ccccc6)nn(-c6ccccc6)c5c5ccccc45)nc(-c4ccc(-c5ccccc5)cc4)n3)cc2)cc1. The van der Waals surface area contributed by atoms with Crippen LogP contribution >= 0.6 is 0 Å². The molecule has 0 saturated heterocycles. The van der Waals surface area contributed by atoms with E-state index in [9.17, 15) is 0 Å². The summed E-state index contributed by atoms with van der Waals surface area (Å²) < 4.78 is 2.12. The molecule has 0 aliphatic heterocycles. The first kappa shape index (κ1) is 35.9. The molecule has 11 rings (SSSR count). The molecule has 0 N–H and O–H groups in total. The van der Waals surface area contributed by atoms with Gasteiger partial charge in [0.25, 0.3) is 0 Å². The van der Waals surface area contributed by atoms with Crippen molar-refractivity contribution in [2.75, 3.05) is 0 Å². The third-order valence-electron chi connectivity index (χ3n) is 11.5. The summed E-state index contributed by atoms with van der Waals surface area (Å²) in [6.07, 6.45) is 0. The molecule has 0 atom stereocenters. The molecule has 0 aliphatic carbocycles. The first-order valence-electron chi connectivity index (χ1n) is 20.6. The molecule has 0 amide bonds. The van der Waals surface area contributed by atoms with Gasteiger partial charge in [0, 0.05) is 38.6 Å². The quantitative estimate of drug-likeness (QED) is 0.154. The molecule has 0 fully saturated rings. The van der Waals surface area contributed by atoms with Gasteiger partial charge < -0.3 is 0 Å². The van der Waals surface area contributed by atoms with Gasteiger partial charge in [0.05, 0.1) is 22.6 Å². The monoisotopic (exact) mass is 778 g/mol. The summed E-state index contributed by atoms with van der Waals surface area (Å²) in [5, 5.41) is 8.72. The number of hydrogen-bond acceptors (Lipinski definition) is 3. The highest BCUT2D eigenvalue weighted by Gasteiger charge is 2.27. The Balaban J connectivity index is 1.22. The maximum atomic E-state index is 5.54. The highest BCUT2D eigenvalue weighted by Crippen LogP contribution is 2.48. The van der Waals surface area contributed by atoms with Crippen LogP contribution in [0.5, 0.6) is 0 Å². The molecular formula is C57H38N4. The summed E-state index contributed by atoms with van der Waals surface area (Å²) >= 11 is 0. The Bertz CT molecular complexity index is 3190. The summed E-state index contributed by atoms with van der Waals surface area (Å²) in [4.78, 5) is 10.9. The molecule has 0 unspecified atom stereocenters. The molecule has 0 saturated carbocycles. The molecule has 11 aromatic rings. The van der Waals surface area contributed by atoms with Gasteiger partial charge in [-0.05, 0) is 51.4 Å². The van der Waals surface area contributed by atoms with E-state index in [2.05, 4.69) is 223 Å². The molecule has 0 spiro atoms. The second kappa shape index (κ2) is 15.5. The Hall–Kier alpha value is -8.21. The molecule has 9 aromatic carbocycles. The van der Waals surface area contributed by atoms with Crippen molar-refractivity contribution in [3.63, 3.8) is 0 Å². The van der Waals surface area contributed by atoms with Crippen LogP contribution < -0.4 is 0 Å². The van der Waals surface area contributed by atoms with Gasteiger partial charge in [-0.25, -0.2) is 14.6 Å². The molecule has 2 heterocycles. The molecular weight excluding hydrogens is 741 g/mol. The van der Waals surface area contributed by atoms with Crippen LogP contribution in [0.2, 0.25) is 0 Å². The van der Waals surface area contributed by atoms with Crippen LogP contribution in [0, 0.1) is 0 Å². The van der Waals surface area contributed by atoms with Crippen LogP contribution in [-0.2, 0) is 0 Å². The summed E-state index contributed by atoms with van der Waals surface area (Å²) in [5.74, 6) is 0.658. The first-order valence-corrected chi connectivity index (χ1v) is 20.6. The molecule has 2 aromatic heterocycles. The maximum absolute atomic E-state index is 5.54. The van der Waals surface area contributed by atoms with Crippen LogP contribution in [0.3, 0.4) is 0 Å². The fourth-order valence-corrected chi connectivity index (χ4v) is 8.54. The van der Waals surface area contributed by atoms with E-state index in [-0.39, 0.29) is 0 Å². The van der Waals surface area contributed by atoms with E-state index in [1.54, 1.807) is 0 Å². The average molecular weight is 779 g/mol. The van der Waals surface area contributed by atoms with Crippen molar-refractivity contribution in [1.29, 1.82) is 0 Å². The van der Waals surface area contributed by atoms with Crippen molar-refractivity contribution in [3.05, 3.63) is 231 Å². The second-order valence-corrected chi connectivity index (χ2v) is 15.2. The van der Waals surface area contributed by atoms with Crippen LogP contribution in [-0.4, -0.2) is 19.7 Å². The van der Waals surface area contributed by atoms with Crippen molar-refractivity contribution >= 4 is 21.7 Å². The third-order valence-corrected chi connectivity index (χ3v) is 11.5. The van der Waals surface area contributed by atoms with Gasteiger partial charge in [-0.1, -0.05) is 212 Å². The number of nitrogens with zero attached hydrogens (tertiary/aromatic N) is 4. The largest absolute Gasteiger partial charge is 0.232 e. The van der Waals surface area contributed by atoms with E-state index in [1.807, 2.05) is 12.1 Å². The van der Waals surface area contributed by atoms with Gasteiger partial charge in [-0.3, -0.25) is 0 Å². The topological polar surface area (TPSA) is 43.6 Å². The minimum absolute atomic E-state index is 0.658. The predicted octanol–water partition coefficient (Wildman–Crippen LogP) is 14.6. The number of para-hydroxylation sites is 1. The van der Waals surface area contributed by atoms with E-state index >= 15 is 0 Å². The van der Waals surface area contributed by atoms with Crippen molar-refractivity contribution in [2.24, 2.45) is 0 Å². The Kier molecular flexibility index (Phi) is 9.14. The number of rotatable bonds is 8. The van der Waals surface area contributed by atoms with Crippen molar-refractivity contribution < 1.29 is 0 Å². The zero-order valence-corrected chi connectivity index (χ0v) is 33.2. The Morgan fingerprint density at radius 1 is 0.311 bits per heavy atom. The molecule has 286 valence electrons. The van der Waals surface area contributed by atoms with Gasteiger partial charge in [-0.15, -0.1) is 0 Å². The molecule has 0 aliphatic rings. The Morgan fingerprint density at radius 2 is 0.738 bits per heavy atom. The van der Waals surface area contributed by atoms with E-state index in [1.165, 1.54) is 11.1 Å². The minimum Gasteiger partial charge on any atom is -0.232 e. The van der Waals surface area contributed by atoms with Gasteiger partial charge in [0.1, 0.15) is 5.69 Å². The number of hydrogen-bond donors (Lipinski definition) is 0. The van der Waals surface area contributed by atoms with Crippen LogP contribution in [0.25, 0.3) is 106 Å². The van der Waals surface area contributed by atoms with Gasteiger partial charge in [0.15, 0.2) is 5.82 Å². The van der Waals surface area contributed by atoms with E-state index < -0.39 is 0 Å². The zero-order valence-electron chi connectivity index (χ0n) is 33.2. The van der Waals surface area contributed by atoms with Gasteiger partial charge in [-0.2, -0.15) is 5.10 Å². The van der Waals surface area contributed by atoms with Gasteiger partial charge >= 0.3 is 0 Å². The normalized spacial score (nSPS) is 11.3. The lowest BCUT2D eigenvalue weighted by Gasteiger charge is -2.19. The third kappa shape index (κ3) is 6.67. The number of aromatic nitrogens is 4. The Labute approximate surface area is 354 Å². The minimum atomic E-state index is 0.658. The molecule has 4 nitrogen and oxygen atoms in total. The van der Waals surface area contributed by atoms with E-state index in [0.29, 0.717) is 5.82 Å². The van der Waals surface area contributed by atoms with Crippen LogP contribution in [0.4, 0.5) is 0 Å². The summed E-state index contributed by atoms with van der Waals surface area (Å²) in [6, 6.07) is 80.8. The lowest BCUT2D eigenvalue weighted by atomic mass is 9.86. The lowest BCUT2D eigenvalue weighted by Crippen LogP contribution is -2.00. The average Bonchev–Trinajstić information content (AvgIpc) is 3.76. The molecule has 0 radical (unpaired) electrons. The highest BCUT2D eigenvalue weighted by molar-refractivity contribution is 6.23. The Morgan fingerprint density at radius 3 is 1.31 bits per heavy atom. The standard InChI is InChI=1S/C57H38N4/c1-6-18-39(19-7-1)41-30-34-43(35-31-41)50-38-51(59-57(58-50)46-36-32-42(33-37-46)40-20-8-2-9-21-40)53-48-28-16-17-29-49(48)56-54(52(53)44-22-10-3-11-23-44)55(45-24-12-4-13-25-45)60-61(56)47-26-14-5-15-27-47/h1-38H. The summed E-state index contributed by atoms with van der Waals surface area (Å²) in [7, 11) is 0. The molecule has 61 heavy (non-hydrogen) atoms. The van der Waals surface area contributed by atoms with Crippen LogP contribution in [0.1, 0.15) is 0 Å². The van der Waals surface area contributed by atoms with Gasteiger partial charge in [0.2, 0.25) is 0 Å². The fourth-order valence-electron chi connectivity index (χ4n) is 8.54. The predicted molar refractivity (Wildman–Crippen MR) is 252 cm³/mol. The highest BCUT2D eigenvalue weighted by atomic mass is 15.3. The van der Waals surface area contributed by atoms with E-state index in [0.717, 1.165) is 89.0 Å². The van der Waals surface area contributed by atoms with Crippen molar-refractivity contribution in [2.45, 2.75) is 0 Å². The summed E-state index contributed by atoms with van der Waals surface area (Å²) in [6.45, 7) is 0. The first-order chi connectivity index (χ1) is 30.3. The second-order valence-electron chi connectivity index (χ2n) is 15.2. The van der Waals surface area contributed by atoms with E-state index in [4.69, 9.17) is 15.1 Å². The lowest BCUT2D eigenvalue weighted by molar-refractivity contribution is 0.918. The summed E-state index contributed by atoms with van der Waals surface area (Å²) in [5.41, 5.74) is 15.5. The van der Waals surface area contributed by atoms with Crippen molar-refractivity contribution in [3.8, 4) is 84.2 Å². The number of fused-ring (bicyclic) bond motifs is 3. The number of benzene rings is 9. The molecule has 4 heteroatoms. The maximum Gasteiger partial charge on any atom is 0.160 e. The zero-order chi connectivity index (χ0) is 40.5. The molecule has 0 bridgehead atoms. The van der Waals surface area contributed by atoms with Crippen molar-refractivity contribution in [1.82, 2.24) is 19.7 Å². The fraction of sp³-hybridized carbons (Fsp3) is 0. The van der Waals surface area contributed by atoms with Crippen LogP contribution in [0.15, 0.2) is 231 Å². The smallest absolute Gasteiger partial charge is 0.160 e.